The first-order chi connectivity index (χ1) is 5.88. The molecule has 0 fully saturated rings. The van der Waals surface area contributed by atoms with Crippen LogP contribution in [0, 0.1) is 0 Å². The largest absolute Gasteiger partial charge is 0.330 e. The SMILES string of the molecule is CSCC(CN)c1ccccn1. The fourth-order valence-corrected chi connectivity index (χ4v) is 1.80. The van der Waals surface area contributed by atoms with Gasteiger partial charge in [0.25, 0.3) is 0 Å². The van der Waals surface area contributed by atoms with E-state index in [-0.39, 0.29) is 0 Å². The molecule has 3 heteroatoms. The smallest absolute Gasteiger partial charge is 0.0455 e. The molecule has 1 aromatic heterocycles. The second-order valence-corrected chi connectivity index (χ2v) is 3.55. The average molecular weight is 182 g/mol. The van der Waals surface area contributed by atoms with E-state index < -0.39 is 0 Å². The molecular formula is C9H14N2S. The third kappa shape index (κ3) is 2.50. The van der Waals surface area contributed by atoms with E-state index in [1.54, 1.807) is 0 Å². The summed E-state index contributed by atoms with van der Waals surface area (Å²) in [6.07, 6.45) is 3.91. The van der Waals surface area contributed by atoms with Gasteiger partial charge in [-0.15, -0.1) is 0 Å². The molecule has 0 aliphatic carbocycles. The van der Waals surface area contributed by atoms with Crippen molar-refractivity contribution in [3.05, 3.63) is 30.1 Å². The van der Waals surface area contributed by atoms with Crippen LogP contribution in [-0.2, 0) is 0 Å². The van der Waals surface area contributed by atoms with Gasteiger partial charge in [-0.25, -0.2) is 0 Å². The normalized spacial score (nSPS) is 12.8. The molecule has 0 amide bonds. The fourth-order valence-electron chi connectivity index (χ4n) is 1.09. The Hall–Kier alpha value is -0.540. The van der Waals surface area contributed by atoms with E-state index in [1.807, 2.05) is 36.2 Å². The molecule has 66 valence electrons. The highest BCUT2D eigenvalue weighted by atomic mass is 32.2. The van der Waals surface area contributed by atoms with Crippen LogP contribution in [-0.4, -0.2) is 23.5 Å². The minimum Gasteiger partial charge on any atom is -0.330 e. The van der Waals surface area contributed by atoms with Gasteiger partial charge in [0.1, 0.15) is 0 Å². The summed E-state index contributed by atoms with van der Waals surface area (Å²) in [5.74, 6) is 1.45. The Labute approximate surface area is 77.6 Å². The molecule has 1 rings (SSSR count). The Morgan fingerprint density at radius 2 is 2.42 bits per heavy atom. The van der Waals surface area contributed by atoms with Crippen molar-refractivity contribution >= 4 is 11.8 Å². The van der Waals surface area contributed by atoms with Gasteiger partial charge in [-0.3, -0.25) is 4.98 Å². The van der Waals surface area contributed by atoms with Crippen LogP contribution in [0.1, 0.15) is 11.6 Å². The number of hydrogen-bond donors (Lipinski definition) is 1. The molecule has 0 aliphatic rings. The highest BCUT2D eigenvalue weighted by Gasteiger charge is 2.08. The summed E-state index contributed by atoms with van der Waals surface area (Å²) in [7, 11) is 0. The number of thioether (sulfide) groups is 1. The van der Waals surface area contributed by atoms with Gasteiger partial charge >= 0.3 is 0 Å². The summed E-state index contributed by atoms with van der Waals surface area (Å²) in [5, 5.41) is 0. The lowest BCUT2D eigenvalue weighted by atomic mass is 10.1. The highest BCUT2D eigenvalue weighted by Crippen LogP contribution is 2.15. The maximum absolute atomic E-state index is 5.64. The first-order valence-electron chi connectivity index (χ1n) is 3.98. The van der Waals surface area contributed by atoms with Gasteiger partial charge in [0.15, 0.2) is 0 Å². The number of aromatic nitrogens is 1. The van der Waals surface area contributed by atoms with Gasteiger partial charge in [0.2, 0.25) is 0 Å². The minimum atomic E-state index is 0.404. The van der Waals surface area contributed by atoms with Crippen LogP contribution in [0.5, 0.6) is 0 Å². The van der Waals surface area contributed by atoms with Gasteiger partial charge in [-0.2, -0.15) is 11.8 Å². The topological polar surface area (TPSA) is 38.9 Å². The molecule has 1 heterocycles. The van der Waals surface area contributed by atoms with Crippen molar-refractivity contribution in [2.75, 3.05) is 18.6 Å². The van der Waals surface area contributed by atoms with E-state index in [0.29, 0.717) is 12.5 Å². The molecule has 0 saturated heterocycles. The van der Waals surface area contributed by atoms with E-state index >= 15 is 0 Å². The van der Waals surface area contributed by atoms with Crippen molar-refractivity contribution in [2.45, 2.75) is 5.92 Å². The molecular weight excluding hydrogens is 168 g/mol. The summed E-state index contributed by atoms with van der Waals surface area (Å²) < 4.78 is 0. The van der Waals surface area contributed by atoms with Crippen LogP contribution in [0.2, 0.25) is 0 Å². The zero-order valence-electron chi connectivity index (χ0n) is 7.23. The summed E-state index contributed by atoms with van der Waals surface area (Å²) in [5.41, 5.74) is 6.74. The Morgan fingerprint density at radius 3 is 2.92 bits per heavy atom. The van der Waals surface area contributed by atoms with Crippen LogP contribution >= 0.6 is 11.8 Å². The molecule has 1 atom stereocenters. The van der Waals surface area contributed by atoms with Crippen LogP contribution in [0.15, 0.2) is 24.4 Å². The van der Waals surface area contributed by atoms with Gasteiger partial charge in [-0.05, 0) is 18.4 Å². The number of hydrogen-bond acceptors (Lipinski definition) is 3. The Balaban J connectivity index is 2.66. The predicted molar refractivity (Wildman–Crippen MR) is 54.4 cm³/mol. The van der Waals surface area contributed by atoms with E-state index in [1.165, 1.54) is 0 Å². The first kappa shape index (κ1) is 9.55. The Bertz CT molecular complexity index is 213. The van der Waals surface area contributed by atoms with Crippen molar-refractivity contribution in [1.82, 2.24) is 4.98 Å². The molecule has 0 bridgehead atoms. The molecule has 12 heavy (non-hydrogen) atoms. The van der Waals surface area contributed by atoms with E-state index in [9.17, 15) is 0 Å². The quantitative estimate of drug-likeness (QED) is 0.766. The van der Waals surface area contributed by atoms with Crippen molar-refractivity contribution in [2.24, 2.45) is 5.73 Å². The second kappa shape index (κ2) is 5.17. The van der Waals surface area contributed by atoms with Crippen LogP contribution < -0.4 is 5.73 Å². The Kier molecular flexibility index (Phi) is 4.11. The van der Waals surface area contributed by atoms with Crippen molar-refractivity contribution < 1.29 is 0 Å². The zero-order chi connectivity index (χ0) is 8.81. The summed E-state index contributed by atoms with van der Waals surface area (Å²) in [6.45, 7) is 0.678. The first-order valence-corrected chi connectivity index (χ1v) is 5.37. The molecule has 2 nitrogen and oxygen atoms in total. The molecule has 0 spiro atoms. The predicted octanol–water partition coefficient (Wildman–Crippen LogP) is 1.49. The molecule has 0 saturated carbocycles. The minimum absolute atomic E-state index is 0.404. The van der Waals surface area contributed by atoms with Gasteiger partial charge in [0.05, 0.1) is 0 Å². The van der Waals surface area contributed by atoms with Crippen LogP contribution in [0.3, 0.4) is 0 Å². The van der Waals surface area contributed by atoms with E-state index in [2.05, 4.69) is 11.2 Å². The maximum atomic E-state index is 5.64. The number of pyridine rings is 1. The number of nitrogens with zero attached hydrogens (tertiary/aromatic N) is 1. The lowest BCUT2D eigenvalue weighted by molar-refractivity contribution is 0.756. The Morgan fingerprint density at radius 1 is 1.58 bits per heavy atom. The summed E-state index contributed by atoms with van der Waals surface area (Å²) in [6, 6.07) is 5.97. The second-order valence-electron chi connectivity index (χ2n) is 2.64. The fraction of sp³-hybridized carbons (Fsp3) is 0.444. The van der Waals surface area contributed by atoms with E-state index in [0.717, 1.165) is 11.4 Å². The standard InChI is InChI=1S/C9H14N2S/c1-12-7-8(6-10)9-4-2-3-5-11-9/h2-5,8H,6-7,10H2,1H3. The molecule has 1 unspecified atom stereocenters. The average Bonchev–Trinajstić information content (AvgIpc) is 2.15. The molecule has 1 aromatic rings. The van der Waals surface area contributed by atoms with Crippen LogP contribution in [0.25, 0.3) is 0 Å². The third-order valence-corrected chi connectivity index (χ3v) is 2.49. The third-order valence-electron chi connectivity index (χ3n) is 1.76. The van der Waals surface area contributed by atoms with Gasteiger partial charge in [0, 0.05) is 30.1 Å². The van der Waals surface area contributed by atoms with Crippen molar-refractivity contribution in [3.63, 3.8) is 0 Å². The maximum Gasteiger partial charge on any atom is 0.0455 e. The lowest BCUT2D eigenvalue weighted by Crippen LogP contribution is -2.15. The summed E-state index contributed by atoms with van der Waals surface area (Å²) >= 11 is 1.81. The monoisotopic (exact) mass is 182 g/mol. The zero-order valence-corrected chi connectivity index (χ0v) is 8.05. The van der Waals surface area contributed by atoms with E-state index in [4.69, 9.17) is 5.73 Å². The number of rotatable bonds is 4. The molecule has 2 N–H and O–H groups in total. The molecule has 0 aromatic carbocycles. The van der Waals surface area contributed by atoms with Crippen molar-refractivity contribution in [3.8, 4) is 0 Å². The van der Waals surface area contributed by atoms with Crippen molar-refractivity contribution in [1.29, 1.82) is 0 Å². The van der Waals surface area contributed by atoms with Gasteiger partial charge < -0.3 is 5.73 Å². The molecule has 0 aliphatic heterocycles. The molecule has 0 radical (unpaired) electrons. The number of nitrogens with two attached hydrogens (primary N) is 1. The van der Waals surface area contributed by atoms with Gasteiger partial charge in [-0.1, -0.05) is 6.07 Å². The lowest BCUT2D eigenvalue weighted by Gasteiger charge is -2.11. The van der Waals surface area contributed by atoms with Crippen LogP contribution in [0.4, 0.5) is 0 Å². The summed E-state index contributed by atoms with van der Waals surface area (Å²) in [4.78, 5) is 4.28. The highest BCUT2D eigenvalue weighted by molar-refractivity contribution is 7.98.